The Balaban J connectivity index is 2.03. The lowest BCUT2D eigenvalue weighted by molar-refractivity contribution is 0.0997. The quantitative estimate of drug-likeness (QED) is 0.522. The number of amides is 1. The van der Waals surface area contributed by atoms with Crippen LogP contribution in [-0.4, -0.2) is 44.6 Å². The van der Waals surface area contributed by atoms with E-state index in [9.17, 15) is 9.59 Å². The first kappa shape index (κ1) is 18.2. The van der Waals surface area contributed by atoms with Crippen LogP contribution in [-0.2, 0) is 0 Å². The van der Waals surface area contributed by atoms with Gasteiger partial charge < -0.3 is 20.2 Å². The predicted molar refractivity (Wildman–Crippen MR) is 104 cm³/mol. The van der Waals surface area contributed by atoms with Gasteiger partial charge in [0.05, 0.1) is 19.9 Å². The summed E-state index contributed by atoms with van der Waals surface area (Å²) < 4.78 is 11.7. The number of benzene rings is 1. The number of nitrogens with zero attached hydrogens (tertiary/aromatic N) is 4. The van der Waals surface area contributed by atoms with Crippen LogP contribution < -0.4 is 20.9 Å². The summed E-state index contributed by atoms with van der Waals surface area (Å²) in [4.78, 5) is 40.2. The number of nitrogens with one attached hydrogen (secondary N) is 1. The highest BCUT2D eigenvalue weighted by atomic mass is 16.5. The molecule has 0 saturated heterocycles. The number of rotatable bonds is 5. The van der Waals surface area contributed by atoms with Gasteiger partial charge >= 0.3 is 5.69 Å². The predicted octanol–water partition coefficient (Wildman–Crippen LogP) is 1.29. The van der Waals surface area contributed by atoms with Gasteiger partial charge in [-0.15, -0.1) is 0 Å². The van der Waals surface area contributed by atoms with E-state index in [4.69, 9.17) is 15.2 Å². The lowest BCUT2D eigenvalue weighted by Gasteiger charge is -2.10. The number of primary amides is 1. The van der Waals surface area contributed by atoms with Crippen LogP contribution in [0.5, 0.6) is 11.6 Å². The number of pyridine rings is 1. The molecule has 1 aromatic carbocycles. The summed E-state index contributed by atoms with van der Waals surface area (Å²) in [7, 11) is 3.00. The van der Waals surface area contributed by atoms with Gasteiger partial charge in [0.25, 0.3) is 5.91 Å². The molecule has 0 bridgehead atoms. The standard InChI is InChI=1S/C19H16N6O4/c1-28-12-6-4-3-5-11(12)25-18-15(23-19(25)27)14(16(20)26)22-17(24-18)10-7-8-13(29-2)21-9-10/h3-9H,1-2H3,(H2,20,26)(H,23,27). The zero-order valence-electron chi connectivity index (χ0n) is 15.5. The molecule has 0 radical (unpaired) electrons. The monoisotopic (exact) mass is 392 g/mol. The van der Waals surface area contributed by atoms with Gasteiger partial charge in [-0.05, 0) is 18.2 Å². The second kappa shape index (κ2) is 7.08. The molecule has 1 amide bonds. The van der Waals surface area contributed by atoms with Crippen molar-refractivity contribution in [3.8, 4) is 28.7 Å². The summed E-state index contributed by atoms with van der Waals surface area (Å²) in [5.41, 5.74) is 6.20. The second-order valence-electron chi connectivity index (χ2n) is 5.99. The highest BCUT2D eigenvalue weighted by Crippen LogP contribution is 2.26. The van der Waals surface area contributed by atoms with Crippen molar-refractivity contribution in [3.05, 3.63) is 58.8 Å². The molecule has 146 valence electrons. The molecule has 0 aliphatic carbocycles. The number of nitrogens with two attached hydrogens (primary N) is 1. The summed E-state index contributed by atoms with van der Waals surface area (Å²) in [6.45, 7) is 0. The van der Waals surface area contributed by atoms with Gasteiger partial charge in [0.1, 0.15) is 11.3 Å². The lowest BCUT2D eigenvalue weighted by Crippen LogP contribution is -2.16. The van der Waals surface area contributed by atoms with E-state index in [0.29, 0.717) is 22.9 Å². The zero-order chi connectivity index (χ0) is 20.5. The molecule has 3 heterocycles. The number of hydrogen-bond donors (Lipinski definition) is 2. The van der Waals surface area contributed by atoms with E-state index in [1.54, 1.807) is 36.4 Å². The first-order valence-electron chi connectivity index (χ1n) is 8.50. The van der Waals surface area contributed by atoms with Crippen LogP contribution in [0, 0.1) is 0 Å². The average Bonchev–Trinajstić information content (AvgIpc) is 3.08. The van der Waals surface area contributed by atoms with Crippen molar-refractivity contribution >= 4 is 17.1 Å². The summed E-state index contributed by atoms with van der Waals surface area (Å²) in [6.07, 6.45) is 1.50. The molecule has 4 aromatic rings. The van der Waals surface area contributed by atoms with Crippen LogP contribution in [0.3, 0.4) is 0 Å². The number of H-pyrrole nitrogens is 1. The molecule has 4 rings (SSSR count). The van der Waals surface area contributed by atoms with Crippen LogP contribution in [0.15, 0.2) is 47.4 Å². The topological polar surface area (TPSA) is 138 Å². The first-order valence-corrected chi connectivity index (χ1v) is 8.50. The highest BCUT2D eigenvalue weighted by Gasteiger charge is 2.21. The summed E-state index contributed by atoms with van der Waals surface area (Å²) in [5, 5.41) is 0. The van der Waals surface area contributed by atoms with Crippen molar-refractivity contribution in [2.24, 2.45) is 5.73 Å². The van der Waals surface area contributed by atoms with Gasteiger partial charge in [0, 0.05) is 17.8 Å². The maximum Gasteiger partial charge on any atom is 0.332 e. The maximum absolute atomic E-state index is 12.7. The molecule has 29 heavy (non-hydrogen) atoms. The van der Waals surface area contributed by atoms with Gasteiger partial charge in [-0.25, -0.2) is 24.3 Å². The van der Waals surface area contributed by atoms with Crippen molar-refractivity contribution in [3.63, 3.8) is 0 Å². The number of aromatic nitrogens is 5. The fourth-order valence-electron chi connectivity index (χ4n) is 2.96. The molecule has 0 atom stereocenters. The van der Waals surface area contributed by atoms with Crippen LogP contribution >= 0.6 is 0 Å². The highest BCUT2D eigenvalue weighted by molar-refractivity contribution is 6.02. The van der Waals surface area contributed by atoms with Crippen LogP contribution in [0.25, 0.3) is 28.2 Å². The third-order valence-electron chi connectivity index (χ3n) is 4.30. The molecule has 0 unspecified atom stereocenters. The van der Waals surface area contributed by atoms with Gasteiger partial charge in [0.15, 0.2) is 17.2 Å². The Bertz CT molecular complexity index is 1280. The molecule has 0 saturated carbocycles. The number of methoxy groups -OCH3 is 2. The molecule has 10 heteroatoms. The molecule has 3 aromatic heterocycles. The van der Waals surface area contributed by atoms with E-state index < -0.39 is 11.6 Å². The third kappa shape index (κ3) is 3.06. The molecule has 10 nitrogen and oxygen atoms in total. The number of carbonyl (C=O) groups excluding carboxylic acids is 1. The van der Waals surface area contributed by atoms with Crippen molar-refractivity contribution < 1.29 is 14.3 Å². The second-order valence-corrected chi connectivity index (χ2v) is 5.99. The molecular weight excluding hydrogens is 376 g/mol. The van der Waals surface area contributed by atoms with Crippen LogP contribution in [0.2, 0.25) is 0 Å². The van der Waals surface area contributed by atoms with E-state index in [1.807, 2.05) is 0 Å². The average molecular weight is 392 g/mol. The Hall–Kier alpha value is -4.21. The Morgan fingerprint density at radius 2 is 1.90 bits per heavy atom. The molecule has 0 aliphatic heterocycles. The van der Waals surface area contributed by atoms with Crippen molar-refractivity contribution in [2.75, 3.05) is 14.2 Å². The smallest absolute Gasteiger partial charge is 0.332 e. The fourth-order valence-corrected chi connectivity index (χ4v) is 2.96. The van der Waals surface area contributed by atoms with E-state index in [-0.39, 0.29) is 22.7 Å². The van der Waals surface area contributed by atoms with Gasteiger partial charge in [-0.2, -0.15) is 0 Å². The molecule has 0 spiro atoms. The Labute approximate surface area is 164 Å². The lowest BCUT2D eigenvalue weighted by atomic mass is 10.2. The Morgan fingerprint density at radius 3 is 2.55 bits per heavy atom. The first-order chi connectivity index (χ1) is 14.0. The molecular formula is C19H16N6O4. The third-order valence-corrected chi connectivity index (χ3v) is 4.30. The summed E-state index contributed by atoms with van der Waals surface area (Å²) >= 11 is 0. The number of ether oxygens (including phenoxy) is 2. The van der Waals surface area contributed by atoms with E-state index in [2.05, 4.69) is 19.9 Å². The minimum absolute atomic E-state index is 0.105. The minimum atomic E-state index is -0.798. The zero-order valence-corrected chi connectivity index (χ0v) is 15.5. The van der Waals surface area contributed by atoms with E-state index in [0.717, 1.165) is 0 Å². The number of fused-ring (bicyclic) bond motifs is 1. The van der Waals surface area contributed by atoms with E-state index >= 15 is 0 Å². The van der Waals surface area contributed by atoms with Crippen LogP contribution in [0.4, 0.5) is 0 Å². The molecule has 0 fully saturated rings. The van der Waals surface area contributed by atoms with Crippen molar-refractivity contribution in [1.82, 2.24) is 24.5 Å². The molecule has 3 N–H and O–H groups in total. The Kier molecular flexibility index (Phi) is 4.43. The van der Waals surface area contributed by atoms with Crippen LogP contribution in [0.1, 0.15) is 10.5 Å². The normalized spacial score (nSPS) is 10.8. The van der Waals surface area contributed by atoms with Crippen molar-refractivity contribution in [2.45, 2.75) is 0 Å². The van der Waals surface area contributed by atoms with Gasteiger partial charge in [-0.1, -0.05) is 12.1 Å². The summed E-state index contributed by atoms with van der Waals surface area (Å²) in [6, 6.07) is 10.3. The SMILES string of the molecule is COc1ccc(-c2nc(C(N)=O)c3[nH]c(=O)n(-c4ccccc4OC)c3n2)cn1. The molecule has 0 aliphatic rings. The van der Waals surface area contributed by atoms with Gasteiger partial charge in [0.2, 0.25) is 5.88 Å². The number of imidazole rings is 1. The number of aromatic amines is 1. The fraction of sp³-hybridized carbons (Fsp3) is 0.105. The largest absolute Gasteiger partial charge is 0.495 e. The maximum atomic E-state index is 12.7. The number of carbonyl (C=O) groups is 1. The number of para-hydroxylation sites is 2. The van der Waals surface area contributed by atoms with E-state index in [1.165, 1.54) is 25.0 Å². The number of hydrogen-bond acceptors (Lipinski definition) is 7. The Morgan fingerprint density at radius 1 is 1.10 bits per heavy atom. The van der Waals surface area contributed by atoms with Gasteiger partial charge in [-0.3, -0.25) is 4.79 Å². The summed E-state index contributed by atoms with van der Waals surface area (Å²) in [5.74, 6) is 0.262. The van der Waals surface area contributed by atoms with Crippen molar-refractivity contribution in [1.29, 1.82) is 0 Å². The minimum Gasteiger partial charge on any atom is -0.495 e.